The van der Waals surface area contributed by atoms with Crippen molar-refractivity contribution in [3.63, 3.8) is 0 Å². The fraction of sp³-hybridized carbons (Fsp3) is 0.500. The topological polar surface area (TPSA) is 98.9 Å². The number of rotatable bonds is 4. The first-order valence-electron chi connectivity index (χ1n) is 10.6. The third-order valence-electron chi connectivity index (χ3n) is 6.24. The number of carbonyl (C=O) groups is 2. The summed E-state index contributed by atoms with van der Waals surface area (Å²) >= 11 is 0. The summed E-state index contributed by atoms with van der Waals surface area (Å²) in [5.41, 5.74) is 0.735. The molecule has 2 aliphatic rings. The monoisotopic (exact) mass is 430 g/mol. The fourth-order valence-corrected chi connectivity index (χ4v) is 4.46. The molecule has 9 heteroatoms. The molecule has 31 heavy (non-hydrogen) atoms. The van der Waals surface area contributed by atoms with Gasteiger partial charge in [-0.3, -0.25) is 14.5 Å². The van der Waals surface area contributed by atoms with E-state index in [-0.39, 0.29) is 29.5 Å². The Labute approximate surface area is 180 Å². The van der Waals surface area contributed by atoms with Gasteiger partial charge in [-0.1, -0.05) is 5.16 Å². The van der Waals surface area contributed by atoms with Crippen LogP contribution in [0.3, 0.4) is 0 Å². The molecule has 8 nitrogen and oxygen atoms in total. The molecular weight excluding hydrogens is 403 g/mol. The van der Waals surface area contributed by atoms with Crippen LogP contribution in [0.5, 0.6) is 0 Å². The van der Waals surface area contributed by atoms with Gasteiger partial charge in [0.25, 0.3) is 5.91 Å². The van der Waals surface area contributed by atoms with Crippen LogP contribution in [0, 0.1) is 5.82 Å². The van der Waals surface area contributed by atoms with E-state index in [0.717, 1.165) is 12.8 Å². The minimum absolute atomic E-state index is 0.0553. The molecule has 2 N–H and O–H groups in total. The van der Waals surface area contributed by atoms with Crippen molar-refractivity contribution in [2.75, 3.05) is 26.2 Å². The maximum Gasteiger partial charge on any atom is 0.273 e. The Morgan fingerprint density at radius 2 is 1.87 bits per heavy atom. The molecule has 1 saturated carbocycles. The molecule has 166 valence electrons. The average Bonchev–Trinajstić information content (AvgIpc) is 3.26. The Hall–Kier alpha value is -2.78. The third kappa shape index (κ3) is 4.77. The molecule has 3 atom stereocenters. The van der Waals surface area contributed by atoms with Crippen LogP contribution in [0.15, 0.2) is 34.9 Å². The number of halogens is 1. The summed E-state index contributed by atoms with van der Waals surface area (Å²) in [6, 6.07) is 6.80. The van der Waals surface area contributed by atoms with E-state index in [2.05, 4.69) is 15.4 Å². The Bertz CT molecular complexity index is 924. The zero-order valence-electron chi connectivity index (χ0n) is 17.5. The van der Waals surface area contributed by atoms with E-state index in [1.807, 2.05) is 4.90 Å². The molecule has 2 fully saturated rings. The first kappa shape index (κ1) is 21.5. The van der Waals surface area contributed by atoms with E-state index in [9.17, 15) is 19.1 Å². The zero-order chi connectivity index (χ0) is 22.0. The zero-order valence-corrected chi connectivity index (χ0v) is 17.5. The molecule has 1 aromatic heterocycles. The Morgan fingerprint density at radius 3 is 2.55 bits per heavy atom. The largest absolute Gasteiger partial charge is 0.389 e. The SMILES string of the molecule is CC(=O)N1CCN([C@@H]2CCC[C@@H](NC(=O)c3cc(-c4ccc(F)cc4)on3)[C@H]2O)CC1. The van der Waals surface area contributed by atoms with Crippen LogP contribution >= 0.6 is 0 Å². The highest BCUT2D eigenvalue weighted by molar-refractivity contribution is 5.93. The quantitative estimate of drug-likeness (QED) is 0.766. The lowest BCUT2D eigenvalue weighted by atomic mass is 9.86. The van der Waals surface area contributed by atoms with Crippen LogP contribution in [-0.4, -0.2) is 76.2 Å². The van der Waals surface area contributed by atoms with Crippen molar-refractivity contribution in [2.45, 2.75) is 44.4 Å². The molecule has 0 bridgehead atoms. The Kier molecular flexibility index (Phi) is 6.33. The van der Waals surface area contributed by atoms with Gasteiger partial charge in [-0.15, -0.1) is 0 Å². The number of aliphatic hydroxyl groups excluding tert-OH is 1. The normalized spacial score (nSPS) is 24.7. The predicted molar refractivity (Wildman–Crippen MR) is 111 cm³/mol. The van der Waals surface area contributed by atoms with Crippen molar-refractivity contribution < 1.29 is 23.6 Å². The molecule has 1 aliphatic heterocycles. The van der Waals surface area contributed by atoms with Crippen LogP contribution < -0.4 is 5.32 Å². The molecule has 2 aromatic rings. The van der Waals surface area contributed by atoms with Crippen LogP contribution in [0.2, 0.25) is 0 Å². The number of carbonyl (C=O) groups excluding carboxylic acids is 2. The van der Waals surface area contributed by atoms with Gasteiger partial charge >= 0.3 is 0 Å². The van der Waals surface area contributed by atoms with E-state index in [1.165, 1.54) is 18.2 Å². The number of aliphatic hydroxyl groups is 1. The van der Waals surface area contributed by atoms with Gasteiger partial charge in [0.1, 0.15) is 5.82 Å². The fourth-order valence-electron chi connectivity index (χ4n) is 4.46. The van der Waals surface area contributed by atoms with Crippen LogP contribution in [-0.2, 0) is 4.79 Å². The Morgan fingerprint density at radius 1 is 1.16 bits per heavy atom. The van der Waals surface area contributed by atoms with Crippen molar-refractivity contribution in [3.8, 4) is 11.3 Å². The van der Waals surface area contributed by atoms with Gasteiger partial charge in [0.15, 0.2) is 11.5 Å². The third-order valence-corrected chi connectivity index (χ3v) is 6.24. The molecule has 2 heterocycles. The van der Waals surface area contributed by atoms with Gasteiger partial charge in [0.2, 0.25) is 5.91 Å². The second-order valence-electron chi connectivity index (χ2n) is 8.19. The first-order chi connectivity index (χ1) is 14.9. The minimum atomic E-state index is -0.704. The van der Waals surface area contributed by atoms with Gasteiger partial charge in [-0.25, -0.2) is 4.39 Å². The molecule has 1 saturated heterocycles. The number of hydrogen-bond acceptors (Lipinski definition) is 6. The molecular formula is C22H27FN4O4. The second-order valence-corrected chi connectivity index (χ2v) is 8.19. The summed E-state index contributed by atoms with van der Waals surface area (Å²) < 4.78 is 18.3. The number of benzene rings is 1. The summed E-state index contributed by atoms with van der Waals surface area (Å²) in [5, 5.41) is 17.7. The van der Waals surface area contributed by atoms with Crippen molar-refractivity contribution in [2.24, 2.45) is 0 Å². The lowest BCUT2D eigenvalue weighted by molar-refractivity contribution is -0.131. The molecule has 0 unspecified atom stereocenters. The highest BCUT2D eigenvalue weighted by Gasteiger charge is 2.37. The van der Waals surface area contributed by atoms with Crippen LogP contribution in [0.1, 0.15) is 36.7 Å². The van der Waals surface area contributed by atoms with Crippen molar-refractivity contribution in [1.29, 1.82) is 0 Å². The van der Waals surface area contributed by atoms with Gasteiger partial charge < -0.3 is 19.8 Å². The molecule has 1 aliphatic carbocycles. The number of nitrogens with one attached hydrogen (secondary N) is 1. The maximum absolute atomic E-state index is 13.1. The average molecular weight is 430 g/mol. The molecule has 2 amide bonds. The van der Waals surface area contributed by atoms with Gasteiger partial charge in [0.05, 0.1) is 12.1 Å². The summed E-state index contributed by atoms with van der Waals surface area (Å²) in [5.74, 6) is -0.329. The van der Waals surface area contributed by atoms with E-state index in [4.69, 9.17) is 4.52 Å². The first-order valence-corrected chi connectivity index (χ1v) is 10.6. The van der Waals surface area contributed by atoms with Gasteiger partial charge in [-0.05, 0) is 43.5 Å². The van der Waals surface area contributed by atoms with Gasteiger partial charge in [-0.2, -0.15) is 0 Å². The van der Waals surface area contributed by atoms with Gasteiger partial charge in [0, 0.05) is 50.8 Å². The standard InChI is InChI=1S/C22H27FN4O4/c1-14(28)26-9-11-27(12-10-26)19-4-2-3-17(21(19)29)24-22(30)18-13-20(31-25-18)15-5-7-16(23)8-6-15/h5-8,13,17,19,21,29H,2-4,9-12H2,1H3,(H,24,30)/t17-,19-,21-/m1/s1. The molecule has 1 aromatic carbocycles. The summed E-state index contributed by atoms with van der Waals surface area (Å²) in [6.07, 6.45) is 1.72. The maximum atomic E-state index is 13.1. The number of nitrogens with zero attached hydrogens (tertiary/aromatic N) is 3. The van der Waals surface area contributed by atoms with E-state index in [1.54, 1.807) is 19.1 Å². The Balaban J connectivity index is 1.37. The highest BCUT2D eigenvalue weighted by Crippen LogP contribution is 2.26. The molecule has 0 spiro atoms. The minimum Gasteiger partial charge on any atom is -0.389 e. The van der Waals surface area contributed by atoms with E-state index >= 15 is 0 Å². The summed E-state index contributed by atoms with van der Waals surface area (Å²) in [6.45, 7) is 4.31. The predicted octanol–water partition coefficient (Wildman–Crippen LogP) is 1.66. The lowest BCUT2D eigenvalue weighted by Crippen LogP contribution is -2.60. The number of piperazine rings is 1. The van der Waals surface area contributed by atoms with Crippen molar-refractivity contribution in [1.82, 2.24) is 20.3 Å². The second kappa shape index (κ2) is 9.15. The number of amides is 2. The number of hydrogen-bond donors (Lipinski definition) is 2. The summed E-state index contributed by atoms with van der Waals surface area (Å²) in [7, 11) is 0. The number of aromatic nitrogens is 1. The highest BCUT2D eigenvalue weighted by atomic mass is 19.1. The van der Waals surface area contributed by atoms with E-state index < -0.39 is 12.0 Å². The molecule has 0 radical (unpaired) electrons. The smallest absolute Gasteiger partial charge is 0.273 e. The van der Waals surface area contributed by atoms with Crippen LogP contribution in [0.25, 0.3) is 11.3 Å². The molecule has 4 rings (SSSR count). The van der Waals surface area contributed by atoms with Crippen molar-refractivity contribution in [3.05, 3.63) is 41.8 Å². The van der Waals surface area contributed by atoms with Crippen molar-refractivity contribution >= 4 is 11.8 Å². The summed E-state index contributed by atoms with van der Waals surface area (Å²) in [4.78, 5) is 28.3. The van der Waals surface area contributed by atoms with E-state index in [0.29, 0.717) is 43.9 Å². The lowest BCUT2D eigenvalue weighted by Gasteiger charge is -2.44. The van der Waals surface area contributed by atoms with Crippen LogP contribution in [0.4, 0.5) is 4.39 Å².